The number of aromatic nitrogens is 3. The molecule has 0 radical (unpaired) electrons. The molecular weight excluding hydrogens is 490 g/mol. The highest BCUT2D eigenvalue weighted by atomic mass is 14.8. The number of para-hydroxylation sites is 1. The molecule has 184 valence electrons. The zero-order valence-corrected chi connectivity index (χ0v) is 21.2. The number of nitrogens with zero attached hydrogens (tertiary/aromatic N) is 5. The molecule has 5 heteroatoms. The number of fused-ring (bicyclic) bond motifs is 5. The Morgan fingerprint density at radius 2 is 1.05 bits per heavy atom. The number of nitriles is 2. The van der Waals surface area contributed by atoms with Crippen molar-refractivity contribution in [3.8, 4) is 45.9 Å². The number of rotatable bonds is 3. The van der Waals surface area contributed by atoms with Gasteiger partial charge in [-0.3, -0.25) is 0 Å². The van der Waals surface area contributed by atoms with E-state index in [0.717, 1.165) is 49.8 Å². The van der Waals surface area contributed by atoms with Crippen LogP contribution in [0.1, 0.15) is 11.1 Å². The van der Waals surface area contributed by atoms with Gasteiger partial charge in [0.15, 0.2) is 0 Å². The summed E-state index contributed by atoms with van der Waals surface area (Å²) in [4.78, 5) is 15.4. The molecule has 7 rings (SSSR count). The van der Waals surface area contributed by atoms with E-state index < -0.39 is 0 Å². The third-order valence-electron chi connectivity index (χ3n) is 7.10. The van der Waals surface area contributed by atoms with Gasteiger partial charge in [-0.05, 0) is 24.3 Å². The summed E-state index contributed by atoms with van der Waals surface area (Å²) >= 11 is 0. The van der Waals surface area contributed by atoms with Crippen molar-refractivity contribution < 1.29 is 0 Å². The van der Waals surface area contributed by atoms with Crippen molar-refractivity contribution in [2.24, 2.45) is 0 Å². The number of hydrogen-bond acceptors (Lipinski definition) is 5. The third-order valence-corrected chi connectivity index (χ3v) is 7.10. The van der Waals surface area contributed by atoms with E-state index in [-0.39, 0.29) is 0 Å². The second-order valence-electron chi connectivity index (χ2n) is 9.47. The summed E-state index contributed by atoms with van der Waals surface area (Å²) in [5.74, 6) is 0. The van der Waals surface area contributed by atoms with Crippen molar-refractivity contribution in [1.29, 1.82) is 10.5 Å². The van der Waals surface area contributed by atoms with Gasteiger partial charge in [0.1, 0.15) is 0 Å². The summed E-state index contributed by atoms with van der Waals surface area (Å²) in [5, 5.41) is 22.1. The number of benzene rings is 5. The van der Waals surface area contributed by atoms with E-state index in [4.69, 9.17) is 15.0 Å². The maximum absolute atomic E-state index is 10.4. The standard InChI is InChI=1S/C35H19N5/c36-20-22-15-17-25(18-16-22)32-30-26(21-37)19-29-35(31(30)27-13-7-8-14-28(27)38-32)40-34(24-11-5-2-6-12-24)33(39-29)23-9-3-1-4-10-23/h1-19H. The van der Waals surface area contributed by atoms with E-state index in [1.54, 1.807) is 12.1 Å². The van der Waals surface area contributed by atoms with E-state index in [2.05, 4.69) is 12.1 Å². The van der Waals surface area contributed by atoms with Gasteiger partial charge in [0.05, 0.1) is 56.9 Å². The Labute approximate surface area is 230 Å². The summed E-state index contributed by atoms with van der Waals surface area (Å²) in [6, 6.07) is 41.6. The van der Waals surface area contributed by atoms with Gasteiger partial charge in [0.25, 0.3) is 0 Å². The normalized spacial score (nSPS) is 10.9. The second-order valence-corrected chi connectivity index (χ2v) is 9.47. The fourth-order valence-corrected chi connectivity index (χ4v) is 5.26. The van der Waals surface area contributed by atoms with Crippen LogP contribution in [0, 0.1) is 22.7 Å². The Kier molecular flexibility index (Phi) is 5.48. The van der Waals surface area contributed by atoms with Gasteiger partial charge in [-0.2, -0.15) is 10.5 Å². The zero-order valence-electron chi connectivity index (χ0n) is 21.2. The Balaban J connectivity index is 1.67. The summed E-state index contributed by atoms with van der Waals surface area (Å²) in [7, 11) is 0. The van der Waals surface area contributed by atoms with Crippen molar-refractivity contribution in [2.75, 3.05) is 0 Å². The average molecular weight is 510 g/mol. The molecule has 0 spiro atoms. The topological polar surface area (TPSA) is 86.2 Å². The van der Waals surface area contributed by atoms with E-state index in [1.807, 2.05) is 103 Å². The number of pyridine rings is 1. The molecule has 0 aliphatic heterocycles. The van der Waals surface area contributed by atoms with Crippen LogP contribution in [-0.2, 0) is 0 Å². The van der Waals surface area contributed by atoms with Gasteiger partial charge in [-0.25, -0.2) is 15.0 Å². The third kappa shape index (κ3) is 3.74. The molecule has 0 aliphatic carbocycles. The molecule has 7 aromatic rings. The molecule has 0 saturated heterocycles. The Bertz CT molecular complexity index is 2160. The minimum Gasteiger partial charge on any atom is -0.247 e. The first-order valence-corrected chi connectivity index (χ1v) is 12.8. The first kappa shape index (κ1) is 23.2. The van der Waals surface area contributed by atoms with Crippen molar-refractivity contribution >= 4 is 32.7 Å². The van der Waals surface area contributed by atoms with Crippen LogP contribution < -0.4 is 0 Å². The minimum absolute atomic E-state index is 0.473. The van der Waals surface area contributed by atoms with Gasteiger partial charge in [0, 0.05) is 32.8 Å². The van der Waals surface area contributed by atoms with E-state index in [9.17, 15) is 10.5 Å². The molecule has 5 aromatic carbocycles. The summed E-state index contributed by atoms with van der Waals surface area (Å²) in [6.45, 7) is 0. The molecule has 0 saturated carbocycles. The number of hydrogen-bond donors (Lipinski definition) is 0. The van der Waals surface area contributed by atoms with Crippen LogP contribution in [0.2, 0.25) is 0 Å². The zero-order chi connectivity index (χ0) is 27.1. The van der Waals surface area contributed by atoms with Gasteiger partial charge in [-0.1, -0.05) is 91.0 Å². The van der Waals surface area contributed by atoms with Gasteiger partial charge < -0.3 is 0 Å². The maximum Gasteiger partial charge on any atom is 0.0999 e. The maximum atomic E-state index is 10.4. The highest BCUT2D eigenvalue weighted by Gasteiger charge is 2.21. The van der Waals surface area contributed by atoms with Crippen molar-refractivity contribution in [3.63, 3.8) is 0 Å². The van der Waals surface area contributed by atoms with Crippen molar-refractivity contribution in [1.82, 2.24) is 15.0 Å². The quantitative estimate of drug-likeness (QED) is 0.225. The lowest BCUT2D eigenvalue weighted by atomic mass is 9.94. The fraction of sp³-hybridized carbons (Fsp3) is 0. The molecule has 0 aliphatic rings. The lowest BCUT2D eigenvalue weighted by Crippen LogP contribution is -1.99. The predicted octanol–water partition coefficient (Wildman–Crippen LogP) is 8.08. The molecule has 5 nitrogen and oxygen atoms in total. The van der Waals surface area contributed by atoms with E-state index in [1.165, 1.54) is 0 Å². The fourth-order valence-electron chi connectivity index (χ4n) is 5.26. The molecule has 0 fully saturated rings. The molecule has 2 aromatic heterocycles. The Hall–Kier alpha value is -5.91. The molecule has 2 heterocycles. The molecule has 0 unspecified atom stereocenters. The van der Waals surface area contributed by atoms with Crippen LogP contribution in [-0.4, -0.2) is 15.0 Å². The Morgan fingerprint density at radius 3 is 1.70 bits per heavy atom. The van der Waals surface area contributed by atoms with Crippen LogP contribution in [0.4, 0.5) is 0 Å². The first-order chi connectivity index (χ1) is 19.7. The van der Waals surface area contributed by atoms with Crippen LogP contribution in [0.25, 0.3) is 66.5 Å². The average Bonchev–Trinajstić information content (AvgIpc) is 3.04. The lowest BCUT2D eigenvalue weighted by molar-refractivity contribution is 1.30. The molecule has 0 atom stereocenters. The summed E-state index contributed by atoms with van der Waals surface area (Å²) in [6.07, 6.45) is 0. The lowest BCUT2D eigenvalue weighted by Gasteiger charge is -2.16. The largest absolute Gasteiger partial charge is 0.247 e. The summed E-state index contributed by atoms with van der Waals surface area (Å²) < 4.78 is 0. The van der Waals surface area contributed by atoms with Gasteiger partial charge in [-0.15, -0.1) is 0 Å². The molecular formula is C35H19N5. The minimum atomic E-state index is 0.473. The van der Waals surface area contributed by atoms with Crippen LogP contribution in [0.3, 0.4) is 0 Å². The summed E-state index contributed by atoms with van der Waals surface area (Å²) in [5.41, 5.74) is 8.11. The van der Waals surface area contributed by atoms with E-state index in [0.29, 0.717) is 27.9 Å². The smallest absolute Gasteiger partial charge is 0.0999 e. The van der Waals surface area contributed by atoms with Gasteiger partial charge >= 0.3 is 0 Å². The molecule has 0 N–H and O–H groups in total. The Morgan fingerprint density at radius 1 is 0.475 bits per heavy atom. The first-order valence-electron chi connectivity index (χ1n) is 12.8. The SMILES string of the molecule is N#Cc1ccc(-c2nc3ccccc3c3c2c(C#N)cc2nc(-c4ccccc4)c(-c4ccccc4)nc23)cc1. The molecule has 0 amide bonds. The van der Waals surface area contributed by atoms with Crippen LogP contribution >= 0.6 is 0 Å². The van der Waals surface area contributed by atoms with E-state index >= 15 is 0 Å². The van der Waals surface area contributed by atoms with Gasteiger partial charge in [0.2, 0.25) is 0 Å². The van der Waals surface area contributed by atoms with Crippen molar-refractivity contribution in [3.05, 3.63) is 126 Å². The monoisotopic (exact) mass is 509 g/mol. The van der Waals surface area contributed by atoms with Crippen LogP contribution in [0.15, 0.2) is 115 Å². The van der Waals surface area contributed by atoms with Crippen molar-refractivity contribution in [2.45, 2.75) is 0 Å². The molecule has 40 heavy (non-hydrogen) atoms. The molecule has 0 bridgehead atoms. The predicted molar refractivity (Wildman–Crippen MR) is 158 cm³/mol. The van der Waals surface area contributed by atoms with Crippen LogP contribution in [0.5, 0.6) is 0 Å². The second kappa shape index (κ2) is 9.44. The highest BCUT2D eigenvalue weighted by Crippen LogP contribution is 2.40. The highest BCUT2D eigenvalue weighted by molar-refractivity contribution is 6.22.